The third-order valence-electron chi connectivity index (χ3n) is 1.93. The number of aldehydes is 1. The van der Waals surface area contributed by atoms with Crippen molar-refractivity contribution in [2.45, 2.75) is 0 Å². The average Bonchev–Trinajstić information content (AvgIpc) is 2.13. The summed E-state index contributed by atoms with van der Waals surface area (Å²) in [7, 11) is 3.11. The zero-order valence-corrected chi connectivity index (χ0v) is 7.86. The van der Waals surface area contributed by atoms with Crippen molar-refractivity contribution in [3.63, 3.8) is 0 Å². The topological polar surface area (TPSA) is 43.8 Å². The lowest BCUT2D eigenvalue weighted by Gasteiger charge is -2.30. The molecule has 4 heteroatoms. The molecule has 1 heterocycles. The summed E-state index contributed by atoms with van der Waals surface area (Å²) in [4.78, 5) is 14.6. The van der Waals surface area contributed by atoms with Crippen LogP contribution in [0.1, 0.15) is 0 Å². The van der Waals surface area contributed by atoms with Gasteiger partial charge in [-0.1, -0.05) is 0 Å². The molecule has 1 aliphatic rings. The van der Waals surface area contributed by atoms with Crippen LogP contribution in [0.2, 0.25) is 0 Å². The number of aliphatic hydroxyl groups is 1. The van der Waals surface area contributed by atoms with Crippen molar-refractivity contribution in [1.29, 1.82) is 0 Å². The second-order valence-corrected chi connectivity index (χ2v) is 2.77. The Labute approximate surface area is 73.8 Å². The summed E-state index contributed by atoms with van der Waals surface area (Å²) >= 11 is 0. The predicted octanol–water partition coefficient (Wildman–Crippen LogP) is -0.959. The largest absolute Gasteiger partial charge is 0.400 e. The lowest BCUT2D eigenvalue weighted by atomic mass is 10.3. The molecule has 0 bridgehead atoms. The molecule has 1 saturated heterocycles. The van der Waals surface area contributed by atoms with Gasteiger partial charge in [0.15, 0.2) is 0 Å². The number of piperazine rings is 1. The molecule has 1 aliphatic heterocycles. The SMILES string of the molecule is CN1CCN(CC=O)CC1.CO. The molecular formula is C8H18N2O2. The van der Waals surface area contributed by atoms with E-state index in [4.69, 9.17) is 5.11 Å². The number of carbonyl (C=O) groups excluding carboxylic acids is 1. The number of carbonyl (C=O) groups is 1. The fourth-order valence-electron chi connectivity index (χ4n) is 1.14. The summed E-state index contributed by atoms with van der Waals surface area (Å²) in [6, 6.07) is 0. The van der Waals surface area contributed by atoms with Crippen molar-refractivity contribution < 1.29 is 9.90 Å². The van der Waals surface area contributed by atoms with E-state index >= 15 is 0 Å². The van der Waals surface area contributed by atoms with Gasteiger partial charge in [-0.25, -0.2) is 0 Å². The molecule has 0 amide bonds. The molecule has 1 rings (SSSR count). The maximum atomic E-state index is 10.1. The Balaban J connectivity index is 0.000000561. The summed E-state index contributed by atoms with van der Waals surface area (Å²) in [6.45, 7) is 4.86. The summed E-state index contributed by atoms with van der Waals surface area (Å²) in [6.07, 6.45) is 0.978. The van der Waals surface area contributed by atoms with Crippen LogP contribution in [0, 0.1) is 0 Å². The van der Waals surface area contributed by atoms with Crippen LogP contribution in [0.25, 0.3) is 0 Å². The number of likely N-dealkylation sites (N-methyl/N-ethyl adjacent to an activating group) is 1. The van der Waals surface area contributed by atoms with Crippen molar-refractivity contribution in [1.82, 2.24) is 9.80 Å². The third kappa shape index (κ3) is 4.43. The summed E-state index contributed by atoms with van der Waals surface area (Å²) < 4.78 is 0. The first-order valence-electron chi connectivity index (χ1n) is 4.12. The zero-order valence-electron chi connectivity index (χ0n) is 7.86. The molecule has 0 radical (unpaired) electrons. The number of hydrogen-bond donors (Lipinski definition) is 1. The van der Waals surface area contributed by atoms with Gasteiger partial charge in [0.05, 0.1) is 6.54 Å². The molecule has 0 unspecified atom stereocenters. The molecule has 1 fully saturated rings. The van der Waals surface area contributed by atoms with Gasteiger partial charge in [-0.3, -0.25) is 4.90 Å². The van der Waals surface area contributed by atoms with Crippen molar-refractivity contribution in [2.24, 2.45) is 0 Å². The fourth-order valence-corrected chi connectivity index (χ4v) is 1.14. The van der Waals surface area contributed by atoms with Gasteiger partial charge < -0.3 is 14.8 Å². The number of aliphatic hydroxyl groups excluding tert-OH is 1. The minimum Gasteiger partial charge on any atom is -0.400 e. The second-order valence-electron chi connectivity index (χ2n) is 2.77. The molecule has 0 aliphatic carbocycles. The van der Waals surface area contributed by atoms with Gasteiger partial charge in [0, 0.05) is 33.3 Å². The second kappa shape index (κ2) is 7.21. The van der Waals surface area contributed by atoms with Crippen LogP contribution in [0.15, 0.2) is 0 Å². The minimum atomic E-state index is 0.605. The van der Waals surface area contributed by atoms with E-state index < -0.39 is 0 Å². The van der Waals surface area contributed by atoms with Crippen molar-refractivity contribution >= 4 is 6.29 Å². The maximum absolute atomic E-state index is 10.1. The molecule has 0 aromatic rings. The lowest BCUT2D eigenvalue weighted by Crippen LogP contribution is -2.44. The Morgan fingerprint density at radius 1 is 1.25 bits per heavy atom. The van der Waals surface area contributed by atoms with Gasteiger partial charge in [-0.2, -0.15) is 0 Å². The Morgan fingerprint density at radius 3 is 2.17 bits per heavy atom. The van der Waals surface area contributed by atoms with Crippen LogP contribution < -0.4 is 0 Å². The molecule has 12 heavy (non-hydrogen) atoms. The van der Waals surface area contributed by atoms with E-state index in [1.165, 1.54) is 0 Å². The van der Waals surface area contributed by atoms with Crippen molar-refractivity contribution in [3.05, 3.63) is 0 Å². The average molecular weight is 174 g/mol. The number of nitrogens with zero attached hydrogens (tertiary/aromatic N) is 2. The van der Waals surface area contributed by atoms with Crippen LogP contribution in [-0.2, 0) is 4.79 Å². The van der Waals surface area contributed by atoms with E-state index in [1.54, 1.807) is 0 Å². The Hall–Kier alpha value is -0.450. The first-order valence-corrected chi connectivity index (χ1v) is 4.12. The van der Waals surface area contributed by atoms with Gasteiger partial charge in [0.25, 0.3) is 0 Å². The van der Waals surface area contributed by atoms with Gasteiger partial charge in [0.1, 0.15) is 6.29 Å². The number of rotatable bonds is 2. The molecular weight excluding hydrogens is 156 g/mol. The minimum absolute atomic E-state index is 0.605. The van der Waals surface area contributed by atoms with E-state index in [1.807, 2.05) is 0 Å². The molecule has 0 spiro atoms. The Bertz CT molecular complexity index is 112. The highest BCUT2D eigenvalue weighted by atomic mass is 16.2. The highest BCUT2D eigenvalue weighted by molar-refractivity contribution is 5.51. The normalized spacial score (nSPS) is 19.6. The van der Waals surface area contributed by atoms with Crippen LogP contribution >= 0.6 is 0 Å². The van der Waals surface area contributed by atoms with E-state index in [9.17, 15) is 4.79 Å². The summed E-state index contributed by atoms with van der Waals surface area (Å²) in [5, 5.41) is 7.00. The molecule has 1 N–H and O–H groups in total. The zero-order chi connectivity index (χ0) is 9.40. The third-order valence-corrected chi connectivity index (χ3v) is 1.93. The molecule has 4 nitrogen and oxygen atoms in total. The first-order chi connectivity index (χ1) is 5.83. The molecule has 0 aromatic carbocycles. The Kier molecular flexibility index (Phi) is 6.94. The highest BCUT2D eigenvalue weighted by Gasteiger charge is 2.11. The predicted molar refractivity (Wildman–Crippen MR) is 48.1 cm³/mol. The molecule has 0 atom stereocenters. The number of hydrogen-bond acceptors (Lipinski definition) is 4. The van der Waals surface area contributed by atoms with Crippen molar-refractivity contribution in [3.8, 4) is 0 Å². The van der Waals surface area contributed by atoms with E-state index in [0.29, 0.717) is 6.54 Å². The van der Waals surface area contributed by atoms with E-state index in [-0.39, 0.29) is 0 Å². The van der Waals surface area contributed by atoms with Gasteiger partial charge in [-0.15, -0.1) is 0 Å². The highest BCUT2D eigenvalue weighted by Crippen LogP contribution is 1.96. The Morgan fingerprint density at radius 2 is 1.75 bits per heavy atom. The molecule has 72 valence electrons. The van der Waals surface area contributed by atoms with E-state index in [2.05, 4.69) is 16.8 Å². The molecule has 0 saturated carbocycles. The lowest BCUT2D eigenvalue weighted by molar-refractivity contribution is -0.109. The van der Waals surface area contributed by atoms with E-state index in [0.717, 1.165) is 39.6 Å². The van der Waals surface area contributed by atoms with Crippen LogP contribution in [0.4, 0.5) is 0 Å². The van der Waals surface area contributed by atoms with Gasteiger partial charge in [-0.05, 0) is 7.05 Å². The summed E-state index contributed by atoms with van der Waals surface area (Å²) in [5.41, 5.74) is 0. The standard InChI is InChI=1S/C7H14N2O.CH4O/c1-8-2-4-9(5-3-8)6-7-10;1-2/h7H,2-6H2,1H3;2H,1H3. The van der Waals surface area contributed by atoms with Crippen LogP contribution in [-0.4, -0.2) is 68.1 Å². The smallest absolute Gasteiger partial charge is 0.133 e. The fraction of sp³-hybridized carbons (Fsp3) is 0.875. The maximum Gasteiger partial charge on any atom is 0.133 e. The van der Waals surface area contributed by atoms with Gasteiger partial charge in [0.2, 0.25) is 0 Å². The van der Waals surface area contributed by atoms with Crippen LogP contribution in [0.3, 0.4) is 0 Å². The van der Waals surface area contributed by atoms with Crippen LogP contribution in [0.5, 0.6) is 0 Å². The first kappa shape index (κ1) is 11.6. The quantitative estimate of drug-likeness (QED) is 0.548. The monoisotopic (exact) mass is 174 g/mol. The summed E-state index contributed by atoms with van der Waals surface area (Å²) in [5.74, 6) is 0. The molecule has 0 aromatic heterocycles. The van der Waals surface area contributed by atoms with Crippen molar-refractivity contribution in [2.75, 3.05) is 46.9 Å². The van der Waals surface area contributed by atoms with Gasteiger partial charge >= 0.3 is 0 Å².